The minimum atomic E-state index is -0.468. The molecule has 1 N–H and O–H groups in total. The van der Waals surface area contributed by atoms with Crippen LogP contribution in [-0.2, 0) is 4.79 Å². The van der Waals surface area contributed by atoms with Gasteiger partial charge in [0.1, 0.15) is 6.07 Å². The summed E-state index contributed by atoms with van der Waals surface area (Å²) < 4.78 is 1.94. The average molecular weight is 455 g/mol. The zero-order valence-electron chi connectivity index (χ0n) is 17.7. The predicted octanol–water partition coefficient (Wildman–Crippen LogP) is 4.53. The van der Waals surface area contributed by atoms with Gasteiger partial charge in [0.05, 0.1) is 22.5 Å². The number of anilines is 1. The van der Waals surface area contributed by atoms with Crippen LogP contribution >= 0.6 is 23.4 Å². The van der Waals surface area contributed by atoms with Crippen LogP contribution in [0.4, 0.5) is 5.69 Å². The normalized spacial score (nSPS) is 12.9. The second kappa shape index (κ2) is 9.96. The molecule has 3 rings (SSSR count). The molecular weight excluding hydrogens is 432 g/mol. The van der Waals surface area contributed by atoms with Crippen molar-refractivity contribution in [2.24, 2.45) is 0 Å². The standard InChI is InChI=1S/C22H23ClN6OS/c1-14(28(3)4)20-26-27-22(29(20)18-11-9-17(23)10-12-18)31-15(2)21(30)25-19-8-6-5-7-16(19)13-24/h5-12,14-15H,1-4H3,(H,25,30). The van der Waals surface area contributed by atoms with Crippen molar-refractivity contribution < 1.29 is 4.79 Å². The molecule has 0 bridgehead atoms. The third kappa shape index (κ3) is 5.25. The lowest BCUT2D eigenvalue weighted by Gasteiger charge is -2.21. The summed E-state index contributed by atoms with van der Waals surface area (Å²) in [5.74, 6) is 0.540. The fraction of sp³-hybridized carbons (Fsp3) is 0.273. The first-order valence-corrected chi connectivity index (χ1v) is 10.9. The smallest absolute Gasteiger partial charge is 0.237 e. The molecule has 0 spiro atoms. The summed E-state index contributed by atoms with van der Waals surface area (Å²) in [4.78, 5) is 14.8. The Morgan fingerprint density at radius 2 is 1.84 bits per heavy atom. The van der Waals surface area contributed by atoms with Gasteiger partial charge < -0.3 is 5.32 Å². The van der Waals surface area contributed by atoms with Crippen molar-refractivity contribution >= 4 is 35.0 Å². The van der Waals surface area contributed by atoms with Crippen LogP contribution in [0.5, 0.6) is 0 Å². The Balaban J connectivity index is 1.89. The largest absolute Gasteiger partial charge is 0.324 e. The first-order valence-electron chi connectivity index (χ1n) is 9.66. The van der Waals surface area contributed by atoms with Crippen molar-refractivity contribution in [2.75, 3.05) is 19.4 Å². The van der Waals surface area contributed by atoms with Gasteiger partial charge in [-0.2, -0.15) is 5.26 Å². The Morgan fingerprint density at radius 1 is 1.16 bits per heavy atom. The highest BCUT2D eigenvalue weighted by atomic mass is 35.5. The molecule has 0 aliphatic rings. The number of carbonyl (C=O) groups excluding carboxylic acids is 1. The van der Waals surface area contributed by atoms with E-state index in [-0.39, 0.29) is 11.9 Å². The van der Waals surface area contributed by atoms with Gasteiger partial charge in [0.25, 0.3) is 0 Å². The number of hydrogen-bond donors (Lipinski definition) is 1. The van der Waals surface area contributed by atoms with Crippen molar-refractivity contribution in [1.29, 1.82) is 5.26 Å². The number of benzene rings is 2. The van der Waals surface area contributed by atoms with Gasteiger partial charge in [0, 0.05) is 10.7 Å². The van der Waals surface area contributed by atoms with Crippen LogP contribution in [0.15, 0.2) is 53.7 Å². The summed E-state index contributed by atoms with van der Waals surface area (Å²) in [5, 5.41) is 21.6. The van der Waals surface area contributed by atoms with Gasteiger partial charge in [-0.15, -0.1) is 10.2 Å². The van der Waals surface area contributed by atoms with Crippen LogP contribution in [-0.4, -0.2) is 44.9 Å². The van der Waals surface area contributed by atoms with Crippen LogP contribution in [0.25, 0.3) is 5.69 Å². The maximum absolute atomic E-state index is 12.8. The number of thioether (sulfide) groups is 1. The van der Waals surface area contributed by atoms with Gasteiger partial charge in [-0.05, 0) is 64.3 Å². The SMILES string of the molecule is CC(Sc1nnc(C(C)N(C)C)n1-c1ccc(Cl)cc1)C(=O)Nc1ccccc1C#N. The van der Waals surface area contributed by atoms with Crippen LogP contribution < -0.4 is 5.32 Å². The molecule has 0 saturated carbocycles. The number of aromatic nitrogens is 3. The van der Waals surface area contributed by atoms with Crippen molar-refractivity contribution in [3.05, 3.63) is 64.9 Å². The number of amides is 1. The molecule has 0 fully saturated rings. The summed E-state index contributed by atoms with van der Waals surface area (Å²) in [6.45, 7) is 3.84. The molecule has 1 heterocycles. The van der Waals surface area contributed by atoms with Crippen LogP contribution in [0.2, 0.25) is 5.02 Å². The van der Waals surface area contributed by atoms with Crippen molar-refractivity contribution in [3.8, 4) is 11.8 Å². The summed E-state index contributed by atoms with van der Waals surface area (Å²) in [6.07, 6.45) is 0. The first kappa shape index (κ1) is 22.8. The third-order valence-corrected chi connectivity index (χ3v) is 6.14. The van der Waals surface area contributed by atoms with Gasteiger partial charge >= 0.3 is 0 Å². The van der Waals surface area contributed by atoms with E-state index in [1.54, 1.807) is 31.2 Å². The molecule has 9 heteroatoms. The van der Waals surface area contributed by atoms with Crippen molar-refractivity contribution in [2.45, 2.75) is 30.3 Å². The number of rotatable bonds is 7. The third-order valence-electron chi connectivity index (χ3n) is 4.85. The van der Waals surface area contributed by atoms with E-state index < -0.39 is 5.25 Å². The topological polar surface area (TPSA) is 86.8 Å². The van der Waals surface area contributed by atoms with Gasteiger partial charge in [0.2, 0.25) is 5.91 Å². The molecule has 2 atom stereocenters. The Kier molecular flexibility index (Phi) is 7.33. The molecule has 31 heavy (non-hydrogen) atoms. The minimum Gasteiger partial charge on any atom is -0.324 e. The average Bonchev–Trinajstić information content (AvgIpc) is 3.17. The number of nitriles is 1. The second-order valence-corrected chi connectivity index (χ2v) is 8.94. The maximum Gasteiger partial charge on any atom is 0.237 e. The van der Waals surface area contributed by atoms with E-state index in [1.165, 1.54) is 11.8 Å². The number of halogens is 1. The lowest BCUT2D eigenvalue weighted by molar-refractivity contribution is -0.115. The summed E-state index contributed by atoms with van der Waals surface area (Å²) in [5.41, 5.74) is 1.77. The molecule has 0 radical (unpaired) electrons. The minimum absolute atomic E-state index is 0.00386. The highest BCUT2D eigenvalue weighted by Gasteiger charge is 2.24. The van der Waals surface area contributed by atoms with E-state index in [1.807, 2.05) is 54.8 Å². The Labute approximate surface area is 191 Å². The van der Waals surface area contributed by atoms with E-state index >= 15 is 0 Å². The molecule has 0 saturated heterocycles. The van der Waals surface area contributed by atoms with Crippen LogP contribution in [0.3, 0.4) is 0 Å². The Bertz CT molecular complexity index is 1110. The summed E-state index contributed by atoms with van der Waals surface area (Å²) in [6, 6.07) is 16.4. The van der Waals surface area contributed by atoms with Crippen LogP contribution in [0, 0.1) is 11.3 Å². The lowest BCUT2D eigenvalue weighted by Crippen LogP contribution is -2.24. The van der Waals surface area contributed by atoms with Gasteiger partial charge in [0.15, 0.2) is 11.0 Å². The molecule has 7 nitrogen and oxygen atoms in total. The number of hydrogen-bond acceptors (Lipinski definition) is 6. The number of carbonyl (C=O) groups is 1. The quantitative estimate of drug-likeness (QED) is 0.527. The second-order valence-electron chi connectivity index (χ2n) is 7.20. The highest BCUT2D eigenvalue weighted by Crippen LogP contribution is 2.30. The Morgan fingerprint density at radius 3 is 2.48 bits per heavy atom. The monoisotopic (exact) mass is 454 g/mol. The summed E-state index contributed by atoms with van der Waals surface area (Å²) in [7, 11) is 3.95. The van der Waals surface area contributed by atoms with E-state index in [0.717, 1.165) is 11.5 Å². The van der Waals surface area contributed by atoms with E-state index in [0.29, 0.717) is 21.4 Å². The fourth-order valence-electron chi connectivity index (χ4n) is 2.83. The zero-order valence-corrected chi connectivity index (χ0v) is 19.3. The highest BCUT2D eigenvalue weighted by molar-refractivity contribution is 8.00. The molecule has 0 aliphatic heterocycles. The molecule has 0 aliphatic carbocycles. The number of para-hydroxylation sites is 1. The Hall–Kier alpha value is -2.86. The van der Waals surface area contributed by atoms with Crippen molar-refractivity contribution in [3.63, 3.8) is 0 Å². The molecular formula is C22H23ClN6OS. The molecule has 1 aromatic heterocycles. The molecule has 2 unspecified atom stereocenters. The van der Waals surface area contributed by atoms with Gasteiger partial charge in [-0.1, -0.05) is 35.5 Å². The van der Waals surface area contributed by atoms with Crippen LogP contribution in [0.1, 0.15) is 31.3 Å². The van der Waals surface area contributed by atoms with Gasteiger partial charge in [-0.3, -0.25) is 14.3 Å². The lowest BCUT2D eigenvalue weighted by atomic mass is 10.2. The van der Waals surface area contributed by atoms with Crippen molar-refractivity contribution in [1.82, 2.24) is 19.7 Å². The first-order chi connectivity index (χ1) is 14.8. The number of nitrogens with one attached hydrogen (secondary N) is 1. The molecule has 3 aromatic rings. The maximum atomic E-state index is 12.8. The fourth-order valence-corrected chi connectivity index (χ4v) is 3.83. The molecule has 2 aromatic carbocycles. The number of nitrogens with zero attached hydrogens (tertiary/aromatic N) is 5. The summed E-state index contributed by atoms with van der Waals surface area (Å²) >= 11 is 7.37. The van der Waals surface area contributed by atoms with Gasteiger partial charge in [-0.25, -0.2) is 0 Å². The zero-order chi connectivity index (χ0) is 22.5. The van der Waals surface area contributed by atoms with E-state index in [4.69, 9.17) is 11.6 Å². The van der Waals surface area contributed by atoms with E-state index in [2.05, 4.69) is 21.6 Å². The predicted molar refractivity (Wildman–Crippen MR) is 124 cm³/mol. The molecule has 1 amide bonds. The molecule has 160 valence electrons. The van der Waals surface area contributed by atoms with E-state index in [9.17, 15) is 10.1 Å².